The third-order valence-corrected chi connectivity index (χ3v) is 5.93. The second kappa shape index (κ2) is 9.71. The van der Waals surface area contributed by atoms with Crippen molar-refractivity contribution in [2.45, 2.75) is 25.4 Å². The van der Waals surface area contributed by atoms with E-state index in [4.69, 9.17) is 4.74 Å². The molecular weight excluding hydrogens is 411 g/mol. The number of para-hydroxylation sites is 1. The lowest BCUT2D eigenvalue weighted by Gasteiger charge is -2.13. The van der Waals surface area contributed by atoms with Gasteiger partial charge < -0.3 is 15.4 Å². The highest BCUT2D eigenvalue weighted by atomic mass is 32.2. The summed E-state index contributed by atoms with van der Waals surface area (Å²) in [7, 11) is 0. The number of ether oxygens (including phenoxy) is 1. The van der Waals surface area contributed by atoms with Crippen LogP contribution in [0.25, 0.3) is 6.08 Å². The van der Waals surface area contributed by atoms with Crippen LogP contribution in [0.5, 0.6) is 5.75 Å². The Kier molecular flexibility index (Phi) is 6.57. The van der Waals surface area contributed by atoms with E-state index in [9.17, 15) is 9.18 Å². The summed E-state index contributed by atoms with van der Waals surface area (Å²) in [6, 6.07) is 22.0. The van der Waals surface area contributed by atoms with Crippen LogP contribution in [0.15, 0.2) is 77.7 Å². The lowest BCUT2D eigenvalue weighted by Crippen LogP contribution is -2.30. The molecule has 3 aromatic carbocycles. The van der Waals surface area contributed by atoms with Crippen molar-refractivity contribution < 1.29 is 13.9 Å². The molecule has 2 N–H and O–H groups in total. The number of thioether (sulfide) groups is 1. The average Bonchev–Trinajstić information content (AvgIpc) is 3.13. The number of rotatable bonds is 7. The molecule has 0 bridgehead atoms. The van der Waals surface area contributed by atoms with E-state index in [0.717, 1.165) is 23.2 Å². The van der Waals surface area contributed by atoms with E-state index < -0.39 is 0 Å². The molecule has 0 radical (unpaired) electrons. The van der Waals surface area contributed by atoms with E-state index in [1.54, 1.807) is 12.1 Å². The van der Waals surface area contributed by atoms with Crippen LogP contribution in [-0.4, -0.2) is 11.4 Å². The summed E-state index contributed by atoms with van der Waals surface area (Å²) in [6.07, 6.45) is 2.83. The number of hydrogen-bond donors (Lipinski definition) is 2. The maximum absolute atomic E-state index is 13.1. The first-order valence-corrected chi connectivity index (χ1v) is 11.0. The smallest absolute Gasteiger partial charge is 0.260 e. The van der Waals surface area contributed by atoms with Gasteiger partial charge in [0.2, 0.25) is 0 Å². The number of amides is 1. The van der Waals surface area contributed by atoms with Crippen LogP contribution in [0.4, 0.5) is 10.1 Å². The number of carbonyl (C=O) groups is 1. The second-order valence-electron chi connectivity index (χ2n) is 7.13. The van der Waals surface area contributed by atoms with Crippen LogP contribution in [0, 0.1) is 5.82 Å². The molecule has 6 heteroatoms. The predicted octanol–water partition coefficient (Wildman–Crippen LogP) is 5.57. The largest absolute Gasteiger partial charge is 0.488 e. The number of aryl methyl sites for hydroxylation is 1. The normalized spacial score (nSPS) is 16.9. The lowest BCUT2D eigenvalue weighted by molar-refractivity contribution is -0.116. The van der Waals surface area contributed by atoms with Gasteiger partial charge in [0, 0.05) is 11.3 Å². The summed E-state index contributed by atoms with van der Waals surface area (Å²) in [5.74, 6) is 0.267. The molecule has 1 fully saturated rings. The molecule has 0 saturated carbocycles. The molecule has 0 aromatic heterocycles. The highest BCUT2D eigenvalue weighted by Gasteiger charge is 2.27. The Balaban J connectivity index is 1.44. The van der Waals surface area contributed by atoms with E-state index >= 15 is 0 Å². The third kappa shape index (κ3) is 5.47. The fourth-order valence-corrected chi connectivity index (χ4v) is 4.14. The monoisotopic (exact) mass is 434 g/mol. The van der Waals surface area contributed by atoms with Gasteiger partial charge in [0.05, 0.1) is 4.91 Å². The number of hydrogen-bond acceptors (Lipinski definition) is 4. The molecule has 1 aliphatic rings. The van der Waals surface area contributed by atoms with E-state index in [1.165, 1.54) is 29.5 Å². The lowest BCUT2D eigenvalue weighted by atomic mass is 10.1. The van der Waals surface area contributed by atoms with Gasteiger partial charge >= 0.3 is 0 Å². The molecule has 4 nitrogen and oxygen atoms in total. The first kappa shape index (κ1) is 21.0. The van der Waals surface area contributed by atoms with Gasteiger partial charge in [-0.2, -0.15) is 0 Å². The molecule has 0 spiro atoms. The Morgan fingerprint density at radius 1 is 1.03 bits per heavy atom. The quantitative estimate of drug-likeness (QED) is 0.478. The van der Waals surface area contributed by atoms with Crippen LogP contribution in [-0.2, 0) is 17.8 Å². The zero-order valence-corrected chi connectivity index (χ0v) is 17.9. The van der Waals surface area contributed by atoms with Gasteiger partial charge in [0.1, 0.15) is 18.2 Å². The molecule has 4 rings (SSSR count). The Bertz CT molecular complexity index is 1080. The summed E-state index contributed by atoms with van der Waals surface area (Å²) in [4.78, 5) is 13.1. The molecular formula is C25H23FN2O2S. The van der Waals surface area contributed by atoms with Crippen molar-refractivity contribution >= 4 is 29.4 Å². The highest BCUT2D eigenvalue weighted by molar-refractivity contribution is 8.05. The highest BCUT2D eigenvalue weighted by Crippen LogP contribution is 2.32. The van der Waals surface area contributed by atoms with E-state index in [1.807, 2.05) is 42.5 Å². The van der Waals surface area contributed by atoms with Gasteiger partial charge in [-0.15, -0.1) is 0 Å². The molecule has 0 aliphatic carbocycles. The maximum Gasteiger partial charge on any atom is 0.260 e. The minimum atomic E-state index is -0.275. The molecule has 158 valence electrons. The van der Waals surface area contributed by atoms with Gasteiger partial charge in [0.25, 0.3) is 5.91 Å². The molecule has 0 unspecified atom stereocenters. The number of benzene rings is 3. The van der Waals surface area contributed by atoms with E-state index in [-0.39, 0.29) is 17.2 Å². The first-order chi connectivity index (χ1) is 15.1. The van der Waals surface area contributed by atoms with Crippen molar-refractivity contribution in [3.8, 4) is 5.75 Å². The van der Waals surface area contributed by atoms with Crippen LogP contribution in [0.3, 0.4) is 0 Å². The van der Waals surface area contributed by atoms with Crippen LogP contribution < -0.4 is 15.4 Å². The SMILES string of the molecule is CCc1ccc(N[C@H]2NC(=O)/C(=C/c3ccccc3OCc3ccc(F)cc3)S2)cc1. The summed E-state index contributed by atoms with van der Waals surface area (Å²) in [5, 5.41) is 6.28. The molecule has 1 saturated heterocycles. The van der Waals surface area contributed by atoms with Crippen LogP contribution in [0.1, 0.15) is 23.6 Å². The Morgan fingerprint density at radius 2 is 1.74 bits per heavy atom. The van der Waals surface area contributed by atoms with Crippen molar-refractivity contribution in [1.29, 1.82) is 0 Å². The van der Waals surface area contributed by atoms with Crippen molar-refractivity contribution in [2.24, 2.45) is 0 Å². The number of carbonyl (C=O) groups excluding carboxylic acids is 1. The van der Waals surface area contributed by atoms with Crippen LogP contribution >= 0.6 is 11.8 Å². The number of nitrogens with one attached hydrogen (secondary N) is 2. The molecule has 1 aliphatic heterocycles. The minimum absolute atomic E-state index is 0.124. The van der Waals surface area contributed by atoms with Crippen molar-refractivity contribution in [2.75, 3.05) is 5.32 Å². The van der Waals surface area contributed by atoms with Crippen molar-refractivity contribution in [3.05, 3.63) is 100 Å². The average molecular weight is 435 g/mol. The molecule has 31 heavy (non-hydrogen) atoms. The third-order valence-electron chi connectivity index (χ3n) is 4.90. The zero-order chi connectivity index (χ0) is 21.6. The van der Waals surface area contributed by atoms with E-state index in [0.29, 0.717) is 17.3 Å². The Hall–Kier alpha value is -3.25. The number of halogens is 1. The molecule has 1 atom stereocenters. The Morgan fingerprint density at radius 3 is 2.48 bits per heavy atom. The van der Waals surface area contributed by atoms with Gasteiger partial charge in [-0.25, -0.2) is 4.39 Å². The van der Waals surface area contributed by atoms with Gasteiger partial charge in [0.15, 0.2) is 5.50 Å². The Labute approximate surface area is 185 Å². The standard InChI is InChI=1S/C25H23FN2O2S/c1-2-17-9-13-21(14-10-17)27-25-28-24(29)23(31-25)15-19-5-3-4-6-22(19)30-16-18-7-11-20(26)12-8-18/h3-15,25,27H,2,16H2,1H3,(H,28,29)/b23-15-/t25-/m0/s1. The molecule has 1 amide bonds. The summed E-state index contributed by atoms with van der Waals surface area (Å²) in [5.41, 5.74) is 3.68. The minimum Gasteiger partial charge on any atom is -0.488 e. The van der Waals surface area contributed by atoms with Crippen molar-refractivity contribution in [1.82, 2.24) is 5.32 Å². The summed E-state index contributed by atoms with van der Waals surface area (Å²) in [6.45, 7) is 2.44. The van der Waals surface area contributed by atoms with Crippen LogP contribution in [0.2, 0.25) is 0 Å². The van der Waals surface area contributed by atoms with E-state index in [2.05, 4.69) is 29.7 Å². The maximum atomic E-state index is 13.1. The molecule has 1 heterocycles. The fourth-order valence-electron chi connectivity index (χ4n) is 3.17. The predicted molar refractivity (Wildman–Crippen MR) is 124 cm³/mol. The number of anilines is 1. The topological polar surface area (TPSA) is 50.4 Å². The van der Waals surface area contributed by atoms with Gasteiger partial charge in [-0.1, -0.05) is 61.2 Å². The fraction of sp³-hybridized carbons (Fsp3) is 0.160. The first-order valence-electron chi connectivity index (χ1n) is 10.1. The van der Waals surface area contributed by atoms with Crippen molar-refractivity contribution in [3.63, 3.8) is 0 Å². The summed E-state index contributed by atoms with van der Waals surface area (Å²) >= 11 is 1.44. The summed E-state index contributed by atoms with van der Waals surface area (Å²) < 4.78 is 19.0. The zero-order valence-electron chi connectivity index (χ0n) is 17.1. The van der Waals surface area contributed by atoms with Gasteiger partial charge in [-0.05, 0) is 54.0 Å². The second-order valence-corrected chi connectivity index (χ2v) is 8.27. The van der Waals surface area contributed by atoms with Gasteiger partial charge in [-0.3, -0.25) is 4.79 Å². The molecule has 3 aromatic rings.